The topological polar surface area (TPSA) is 64.1 Å². The molecule has 0 spiro atoms. The molecule has 0 saturated carbocycles. The van der Waals surface area contributed by atoms with Crippen molar-refractivity contribution < 1.29 is 9.53 Å². The molecule has 0 fully saturated rings. The zero-order valence-corrected chi connectivity index (χ0v) is 14.7. The van der Waals surface area contributed by atoms with Crippen LogP contribution in [0.2, 0.25) is 0 Å². The molecule has 0 saturated heterocycles. The second-order valence-electron chi connectivity index (χ2n) is 5.94. The summed E-state index contributed by atoms with van der Waals surface area (Å²) >= 11 is 0. The lowest BCUT2D eigenvalue weighted by molar-refractivity contribution is 0.0951. The van der Waals surface area contributed by atoms with Gasteiger partial charge in [0.1, 0.15) is 5.75 Å². The molecule has 0 atom stereocenters. The standard InChI is InChI=1S/C21H21N3O2/c1-16-7-5-10-19(13-16)26-12-6-11-22-21(25)18-14-23-20(24-15-18)17-8-3-2-4-9-17/h2-5,7-10,13-15H,6,11-12H2,1H3,(H,22,25). The Labute approximate surface area is 153 Å². The molecule has 0 aliphatic carbocycles. The fraction of sp³-hybridized carbons (Fsp3) is 0.190. The number of hydrogen-bond acceptors (Lipinski definition) is 4. The van der Waals surface area contributed by atoms with Gasteiger partial charge in [-0.2, -0.15) is 0 Å². The van der Waals surface area contributed by atoms with E-state index < -0.39 is 0 Å². The molecule has 0 aliphatic rings. The number of carbonyl (C=O) groups excluding carboxylic acids is 1. The highest BCUT2D eigenvalue weighted by atomic mass is 16.5. The van der Waals surface area contributed by atoms with Crippen molar-refractivity contribution in [3.05, 3.63) is 78.1 Å². The molecule has 3 rings (SSSR count). The fourth-order valence-corrected chi connectivity index (χ4v) is 2.45. The molecule has 132 valence electrons. The lowest BCUT2D eigenvalue weighted by Gasteiger charge is -2.08. The molecule has 5 nitrogen and oxygen atoms in total. The highest BCUT2D eigenvalue weighted by Crippen LogP contribution is 2.13. The summed E-state index contributed by atoms with van der Waals surface area (Å²) in [5, 5.41) is 2.86. The van der Waals surface area contributed by atoms with E-state index in [-0.39, 0.29) is 5.91 Å². The maximum Gasteiger partial charge on any atom is 0.254 e. The molecule has 1 amide bonds. The van der Waals surface area contributed by atoms with E-state index in [1.165, 1.54) is 0 Å². The van der Waals surface area contributed by atoms with Crippen molar-refractivity contribution in [1.29, 1.82) is 0 Å². The summed E-state index contributed by atoms with van der Waals surface area (Å²) in [5.74, 6) is 1.27. The average Bonchev–Trinajstić information content (AvgIpc) is 2.68. The molecule has 26 heavy (non-hydrogen) atoms. The van der Waals surface area contributed by atoms with Crippen molar-refractivity contribution in [1.82, 2.24) is 15.3 Å². The predicted octanol–water partition coefficient (Wildman–Crippen LogP) is 3.65. The SMILES string of the molecule is Cc1cccc(OCCCNC(=O)c2cnc(-c3ccccc3)nc2)c1. The van der Waals surface area contributed by atoms with Crippen molar-refractivity contribution in [3.63, 3.8) is 0 Å². The quantitative estimate of drug-likeness (QED) is 0.663. The van der Waals surface area contributed by atoms with Crippen LogP contribution < -0.4 is 10.1 Å². The third-order valence-corrected chi connectivity index (χ3v) is 3.81. The zero-order valence-electron chi connectivity index (χ0n) is 14.7. The number of amides is 1. The molecule has 0 bridgehead atoms. The van der Waals surface area contributed by atoms with E-state index in [1.54, 1.807) is 12.4 Å². The minimum absolute atomic E-state index is 0.180. The average molecular weight is 347 g/mol. The first-order valence-electron chi connectivity index (χ1n) is 8.57. The minimum atomic E-state index is -0.180. The largest absolute Gasteiger partial charge is 0.494 e. The van der Waals surface area contributed by atoms with Crippen LogP contribution in [-0.2, 0) is 0 Å². The molecule has 0 unspecified atom stereocenters. The Hall–Kier alpha value is -3.21. The Bertz CT molecular complexity index is 849. The number of nitrogens with one attached hydrogen (secondary N) is 1. The number of nitrogens with zero attached hydrogens (tertiary/aromatic N) is 2. The lowest BCUT2D eigenvalue weighted by Crippen LogP contribution is -2.25. The van der Waals surface area contributed by atoms with Crippen LogP contribution in [0.4, 0.5) is 0 Å². The Morgan fingerprint density at radius 2 is 1.81 bits per heavy atom. The molecule has 0 radical (unpaired) electrons. The van der Waals surface area contributed by atoms with Crippen LogP contribution in [-0.4, -0.2) is 29.0 Å². The van der Waals surface area contributed by atoms with Gasteiger partial charge >= 0.3 is 0 Å². The third-order valence-electron chi connectivity index (χ3n) is 3.81. The van der Waals surface area contributed by atoms with Gasteiger partial charge in [0.05, 0.1) is 12.2 Å². The van der Waals surface area contributed by atoms with E-state index in [9.17, 15) is 4.79 Å². The second kappa shape index (κ2) is 8.76. The Morgan fingerprint density at radius 1 is 1.04 bits per heavy atom. The van der Waals surface area contributed by atoms with E-state index >= 15 is 0 Å². The molecule has 1 N–H and O–H groups in total. The number of carbonyl (C=O) groups is 1. The number of aryl methyl sites for hydroxylation is 1. The highest BCUT2D eigenvalue weighted by Gasteiger charge is 2.07. The maximum absolute atomic E-state index is 12.1. The zero-order chi connectivity index (χ0) is 18.2. The lowest BCUT2D eigenvalue weighted by atomic mass is 10.2. The molecular weight excluding hydrogens is 326 g/mol. The number of rotatable bonds is 7. The van der Waals surface area contributed by atoms with Crippen LogP contribution in [0.3, 0.4) is 0 Å². The van der Waals surface area contributed by atoms with Crippen molar-refractivity contribution in [2.75, 3.05) is 13.2 Å². The van der Waals surface area contributed by atoms with Crippen molar-refractivity contribution in [2.45, 2.75) is 13.3 Å². The van der Waals surface area contributed by atoms with Gasteiger partial charge in [0.15, 0.2) is 5.82 Å². The van der Waals surface area contributed by atoms with Gasteiger partial charge in [-0.3, -0.25) is 4.79 Å². The maximum atomic E-state index is 12.1. The fourth-order valence-electron chi connectivity index (χ4n) is 2.45. The van der Waals surface area contributed by atoms with Gasteiger partial charge in [-0.1, -0.05) is 42.5 Å². The van der Waals surface area contributed by atoms with Crippen LogP contribution in [0.5, 0.6) is 5.75 Å². The van der Waals surface area contributed by atoms with E-state index in [1.807, 2.05) is 61.5 Å². The van der Waals surface area contributed by atoms with Crippen LogP contribution >= 0.6 is 0 Å². The van der Waals surface area contributed by atoms with E-state index in [0.717, 1.165) is 23.3 Å². The van der Waals surface area contributed by atoms with Gasteiger partial charge in [-0.05, 0) is 31.0 Å². The number of ether oxygens (including phenoxy) is 1. The van der Waals surface area contributed by atoms with Crippen LogP contribution in [0, 0.1) is 6.92 Å². The number of hydrogen-bond donors (Lipinski definition) is 1. The van der Waals surface area contributed by atoms with Gasteiger partial charge in [-0.15, -0.1) is 0 Å². The molecular formula is C21H21N3O2. The molecule has 2 aromatic carbocycles. The Balaban J connectivity index is 1.43. The van der Waals surface area contributed by atoms with Gasteiger partial charge in [0.25, 0.3) is 5.91 Å². The first-order chi connectivity index (χ1) is 12.7. The number of aromatic nitrogens is 2. The Kier molecular flexibility index (Phi) is 5.93. The molecule has 1 aromatic heterocycles. The minimum Gasteiger partial charge on any atom is -0.494 e. The first kappa shape index (κ1) is 17.6. The molecule has 1 heterocycles. The number of benzene rings is 2. The van der Waals surface area contributed by atoms with Crippen molar-refractivity contribution in [2.24, 2.45) is 0 Å². The molecule has 5 heteroatoms. The summed E-state index contributed by atoms with van der Waals surface area (Å²) in [6.45, 7) is 3.11. The summed E-state index contributed by atoms with van der Waals surface area (Å²) in [4.78, 5) is 20.7. The van der Waals surface area contributed by atoms with Crippen LogP contribution in [0.1, 0.15) is 22.3 Å². The van der Waals surface area contributed by atoms with Gasteiger partial charge in [0.2, 0.25) is 0 Å². The highest BCUT2D eigenvalue weighted by molar-refractivity contribution is 5.93. The summed E-state index contributed by atoms with van der Waals surface area (Å²) in [5.41, 5.74) is 2.53. The predicted molar refractivity (Wildman–Crippen MR) is 101 cm³/mol. The normalized spacial score (nSPS) is 10.3. The van der Waals surface area contributed by atoms with Gasteiger partial charge < -0.3 is 10.1 Å². The monoisotopic (exact) mass is 347 g/mol. The molecule has 0 aliphatic heterocycles. The van der Waals surface area contributed by atoms with Crippen LogP contribution in [0.25, 0.3) is 11.4 Å². The van der Waals surface area contributed by atoms with E-state index in [0.29, 0.717) is 24.5 Å². The van der Waals surface area contributed by atoms with Crippen molar-refractivity contribution >= 4 is 5.91 Å². The van der Waals surface area contributed by atoms with Gasteiger partial charge in [0, 0.05) is 24.5 Å². The van der Waals surface area contributed by atoms with Crippen molar-refractivity contribution in [3.8, 4) is 17.1 Å². The first-order valence-corrected chi connectivity index (χ1v) is 8.57. The van der Waals surface area contributed by atoms with Gasteiger partial charge in [-0.25, -0.2) is 9.97 Å². The summed E-state index contributed by atoms with van der Waals surface area (Å²) in [6, 6.07) is 17.6. The smallest absolute Gasteiger partial charge is 0.254 e. The Morgan fingerprint density at radius 3 is 2.54 bits per heavy atom. The molecule has 3 aromatic rings. The summed E-state index contributed by atoms with van der Waals surface area (Å²) in [6.07, 6.45) is 3.82. The third kappa shape index (κ3) is 4.89. The summed E-state index contributed by atoms with van der Waals surface area (Å²) < 4.78 is 5.66. The van der Waals surface area contributed by atoms with Crippen LogP contribution in [0.15, 0.2) is 67.0 Å². The summed E-state index contributed by atoms with van der Waals surface area (Å²) in [7, 11) is 0. The van der Waals surface area contributed by atoms with E-state index in [2.05, 4.69) is 15.3 Å². The second-order valence-corrected chi connectivity index (χ2v) is 5.94. The van der Waals surface area contributed by atoms with E-state index in [4.69, 9.17) is 4.74 Å².